The van der Waals surface area contributed by atoms with Gasteiger partial charge in [0.15, 0.2) is 0 Å². The van der Waals surface area contributed by atoms with Gasteiger partial charge in [0.2, 0.25) is 11.8 Å². The quantitative estimate of drug-likeness (QED) is 0.611. The Bertz CT molecular complexity index is 1110. The molecule has 2 spiro atoms. The van der Waals surface area contributed by atoms with Gasteiger partial charge >= 0.3 is 0 Å². The topological polar surface area (TPSA) is 92.8 Å². The monoisotopic (exact) mass is 484 g/mol. The standard InChI is InChI=1S/C24H24N2O5S2/c27-19-3-2-17(20(28)25-19)26-21(29)15-12-14-4-5-23(31-18(14)13-16(15)22(26)30)6-8-24(9-7-23)32-10-1-11-33-24/h4-5,12-13,17H,1-3,6-11H2,(H,25,27,28). The highest BCUT2D eigenvalue weighted by Crippen LogP contribution is 2.55. The zero-order valence-electron chi connectivity index (χ0n) is 18.1. The summed E-state index contributed by atoms with van der Waals surface area (Å²) in [5.41, 5.74) is 0.942. The highest BCUT2D eigenvalue weighted by atomic mass is 32.2. The number of carbonyl (C=O) groups is 4. The van der Waals surface area contributed by atoms with Crippen molar-refractivity contribution in [3.63, 3.8) is 0 Å². The lowest BCUT2D eigenvalue weighted by Crippen LogP contribution is -2.54. The van der Waals surface area contributed by atoms with Gasteiger partial charge in [-0.3, -0.25) is 29.4 Å². The third kappa shape index (κ3) is 3.43. The Kier molecular flexibility index (Phi) is 4.92. The molecular weight excluding hydrogens is 460 g/mol. The Morgan fingerprint density at radius 2 is 1.67 bits per heavy atom. The fourth-order valence-electron chi connectivity index (χ4n) is 5.46. The van der Waals surface area contributed by atoms with Gasteiger partial charge in [0.05, 0.1) is 15.2 Å². The Balaban J connectivity index is 1.25. The van der Waals surface area contributed by atoms with Gasteiger partial charge in [-0.2, -0.15) is 0 Å². The number of nitrogens with zero attached hydrogens (tertiary/aromatic N) is 1. The molecule has 0 radical (unpaired) electrons. The molecule has 9 heteroatoms. The lowest BCUT2D eigenvalue weighted by atomic mass is 9.82. The van der Waals surface area contributed by atoms with Gasteiger partial charge in [-0.15, -0.1) is 23.5 Å². The molecule has 0 bridgehead atoms. The summed E-state index contributed by atoms with van der Waals surface area (Å²) >= 11 is 4.18. The molecule has 7 nitrogen and oxygen atoms in total. The summed E-state index contributed by atoms with van der Waals surface area (Å²) in [6, 6.07) is 2.39. The Labute approximate surface area is 200 Å². The Morgan fingerprint density at radius 3 is 2.36 bits per heavy atom. The van der Waals surface area contributed by atoms with Crippen LogP contribution in [0, 0.1) is 0 Å². The van der Waals surface area contributed by atoms with E-state index in [-0.39, 0.29) is 35.5 Å². The number of piperidine rings is 1. The van der Waals surface area contributed by atoms with Crippen molar-refractivity contribution in [2.75, 3.05) is 11.5 Å². The summed E-state index contributed by atoms with van der Waals surface area (Å²) < 4.78 is 6.82. The zero-order valence-corrected chi connectivity index (χ0v) is 19.7. The summed E-state index contributed by atoms with van der Waals surface area (Å²) in [5.74, 6) is 1.09. The molecule has 0 aromatic heterocycles. The lowest BCUT2D eigenvalue weighted by molar-refractivity contribution is -0.136. The molecule has 1 aromatic carbocycles. The van der Waals surface area contributed by atoms with Gasteiger partial charge in [-0.25, -0.2) is 0 Å². The molecule has 5 aliphatic rings. The van der Waals surface area contributed by atoms with Crippen LogP contribution < -0.4 is 10.1 Å². The van der Waals surface area contributed by atoms with Crippen molar-refractivity contribution in [3.05, 3.63) is 34.9 Å². The number of imide groups is 2. The SMILES string of the molecule is O=C1CCC(N2C(=O)c3cc4c(cc3C2=O)OC2(C=C4)CCC3(CC2)SCCCS3)C(=O)N1. The van der Waals surface area contributed by atoms with Crippen molar-refractivity contribution < 1.29 is 23.9 Å². The molecule has 4 aliphatic heterocycles. The van der Waals surface area contributed by atoms with E-state index >= 15 is 0 Å². The van der Waals surface area contributed by atoms with Crippen molar-refractivity contribution in [3.8, 4) is 5.75 Å². The maximum absolute atomic E-state index is 13.2. The normalized spacial score (nSPS) is 27.4. The number of benzene rings is 1. The van der Waals surface area contributed by atoms with E-state index in [2.05, 4.69) is 34.9 Å². The lowest BCUT2D eigenvalue weighted by Gasteiger charge is -2.47. The van der Waals surface area contributed by atoms with Crippen molar-refractivity contribution >= 4 is 53.2 Å². The molecule has 3 fully saturated rings. The second kappa shape index (κ2) is 7.63. The van der Waals surface area contributed by atoms with Crippen molar-refractivity contribution in [2.45, 2.75) is 60.7 Å². The molecule has 1 saturated carbocycles. The number of rotatable bonds is 1. The number of ether oxygens (including phenoxy) is 1. The van der Waals surface area contributed by atoms with E-state index in [1.807, 2.05) is 6.08 Å². The molecule has 172 valence electrons. The molecule has 4 amide bonds. The van der Waals surface area contributed by atoms with Crippen LogP contribution in [0.2, 0.25) is 0 Å². The Hall–Kier alpha value is -2.26. The Morgan fingerprint density at radius 1 is 0.970 bits per heavy atom. The van der Waals surface area contributed by atoms with Crippen LogP contribution in [0.15, 0.2) is 18.2 Å². The summed E-state index contributed by atoms with van der Waals surface area (Å²) in [5, 5.41) is 2.23. The summed E-state index contributed by atoms with van der Waals surface area (Å²) in [7, 11) is 0. The van der Waals surface area contributed by atoms with Gasteiger partial charge in [-0.05, 0) is 68.2 Å². The van der Waals surface area contributed by atoms with E-state index < -0.39 is 23.8 Å². The number of hydrogen-bond acceptors (Lipinski definition) is 7. The summed E-state index contributed by atoms with van der Waals surface area (Å²) in [4.78, 5) is 51.0. The van der Waals surface area contributed by atoms with E-state index in [1.165, 1.54) is 17.9 Å². The molecular formula is C24H24N2O5S2. The number of nitrogens with one attached hydrogen (secondary N) is 1. The van der Waals surface area contributed by atoms with Crippen LogP contribution in [-0.2, 0) is 9.59 Å². The van der Waals surface area contributed by atoms with Crippen LogP contribution in [-0.4, -0.2) is 55.8 Å². The molecule has 1 atom stereocenters. The fourth-order valence-corrected chi connectivity index (χ4v) is 8.78. The van der Waals surface area contributed by atoms with E-state index in [1.54, 1.807) is 12.1 Å². The molecule has 1 unspecified atom stereocenters. The fraction of sp³-hybridized carbons (Fsp3) is 0.500. The maximum atomic E-state index is 13.2. The van der Waals surface area contributed by atoms with Gasteiger partial charge in [0.1, 0.15) is 17.4 Å². The molecule has 6 rings (SSSR count). The van der Waals surface area contributed by atoms with Crippen LogP contribution in [0.4, 0.5) is 0 Å². The largest absolute Gasteiger partial charge is 0.483 e. The van der Waals surface area contributed by atoms with Crippen molar-refractivity contribution in [1.82, 2.24) is 10.2 Å². The third-order valence-electron chi connectivity index (χ3n) is 7.33. The molecule has 1 N–H and O–H groups in total. The van der Waals surface area contributed by atoms with Crippen molar-refractivity contribution in [2.24, 2.45) is 0 Å². The highest BCUT2D eigenvalue weighted by Gasteiger charge is 2.48. The molecule has 2 saturated heterocycles. The average Bonchev–Trinajstić information content (AvgIpc) is 3.05. The number of amides is 4. The van der Waals surface area contributed by atoms with Crippen LogP contribution in [0.25, 0.3) is 6.08 Å². The first-order valence-electron chi connectivity index (χ1n) is 11.4. The third-order valence-corrected chi connectivity index (χ3v) is 10.9. The first-order valence-corrected chi connectivity index (χ1v) is 13.4. The highest BCUT2D eigenvalue weighted by molar-refractivity contribution is 8.18. The van der Waals surface area contributed by atoms with Crippen LogP contribution in [0.1, 0.15) is 71.2 Å². The number of carbonyl (C=O) groups excluding carboxylic acids is 4. The smallest absolute Gasteiger partial charge is 0.262 e. The van der Waals surface area contributed by atoms with E-state index in [0.29, 0.717) is 9.83 Å². The van der Waals surface area contributed by atoms with E-state index in [9.17, 15) is 19.2 Å². The number of fused-ring (bicyclic) bond motifs is 2. The molecule has 1 aromatic rings. The maximum Gasteiger partial charge on any atom is 0.262 e. The summed E-state index contributed by atoms with van der Waals surface area (Å²) in [6.07, 6.45) is 9.68. The van der Waals surface area contributed by atoms with Gasteiger partial charge < -0.3 is 4.74 Å². The first kappa shape index (κ1) is 21.3. The average molecular weight is 485 g/mol. The minimum absolute atomic E-state index is 0.104. The van der Waals surface area contributed by atoms with Crippen LogP contribution in [0.3, 0.4) is 0 Å². The van der Waals surface area contributed by atoms with Crippen LogP contribution >= 0.6 is 23.5 Å². The molecule has 4 heterocycles. The minimum Gasteiger partial charge on any atom is -0.483 e. The second-order valence-electron chi connectivity index (χ2n) is 9.34. The zero-order chi connectivity index (χ0) is 22.8. The number of hydrogen-bond donors (Lipinski definition) is 1. The van der Waals surface area contributed by atoms with Gasteiger partial charge in [0, 0.05) is 12.0 Å². The van der Waals surface area contributed by atoms with Gasteiger partial charge in [-0.1, -0.05) is 6.08 Å². The predicted molar refractivity (Wildman–Crippen MR) is 126 cm³/mol. The second-order valence-corrected chi connectivity index (χ2v) is 12.6. The van der Waals surface area contributed by atoms with Gasteiger partial charge in [0.25, 0.3) is 11.8 Å². The number of thioether (sulfide) groups is 2. The first-order chi connectivity index (χ1) is 15.9. The molecule has 1 aliphatic carbocycles. The van der Waals surface area contributed by atoms with E-state index in [0.717, 1.165) is 36.1 Å². The van der Waals surface area contributed by atoms with Crippen LogP contribution in [0.5, 0.6) is 5.75 Å². The minimum atomic E-state index is -0.963. The molecule has 33 heavy (non-hydrogen) atoms. The van der Waals surface area contributed by atoms with E-state index in [4.69, 9.17) is 4.74 Å². The van der Waals surface area contributed by atoms with Crippen molar-refractivity contribution in [1.29, 1.82) is 0 Å². The summed E-state index contributed by atoms with van der Waals surface area (Å²) in [6.45, 7) is 0. The predicted octanol–water partition coefficient (Wildman–Crippen LogP) is 3.37.